The molecule has 0 saturated carbocycles. The highest BCUT2D eigenvalue weighted by molar-refractivity contribution is 7.99. The number of Topliss-reactive ketones (excluding diaryl/α,β-unsaturated/α-hetero) is 1. The van der Waals surface area contributed by atoms with Gasteiger partial charge in [0.2, 0.25) is 0 Å². The lowest BCUT2D eigenvalue weighted by Crippen LogP contribution is -2.36. The quantitative estimate of drug-likeness (QED) is 0.764. The third-order valence-electron chi connectivity index (χ3n) is 2.96. The van der Waals surface area contributed by atoms with Crippen molar-refractivity contribution in [3.8, 4) is 5.75 Å². The number of ether oxygens (including phenoxy) is 1. The fraction of sp³-hybridized carbons (Fsp3) is 0.500. The zero-order valence-corrected chi connectivity index (χ0v) is 11.5. The van der Waals surface area contributed by atoms with Crippen LogP contribution < -0.4 is 4.74 Å². The molecule has 4 heteroatoms. The fourth-order valence-corrected chi connectivity index (χ4v) is 3.00. The summed E-state index contributed by atoms with van der Waals surface area (Å²) in [4.78, 5) is 14.5. The molecule has 1 saturated heterocycles. The van der Waals surface area contributed by atoms with E-state index in [0.717, 1.165) is 24.6 Å². The van der Waals surface area contributed by atoms with E-state index in [1.54, 1.807) is 0 Å². The van der Waals surface area contributed by atoms with Gasteiger partial charge < -0.3 is 4.74 Å². The molecule has 1 aromatic carbocycles. The van der Waals surface area contributed by atoms with Crippen LogP contribution in [0.25, 0.3) is 0 Å². The van der Waals surface area contributed by atoms with Gasteiger partial charge in [-0.1, -0.05) is 12.1 Å². The predicted molar refractivity (Wildman–Crippen MR) is 75.7 cm³/mol. The molecule has 1 heterocycles. The number of benzene rings is 1. The SMILES string of the molecule is CCOc1ccccc1C(=O)CN1CCSCC1. The van der Waals surface area contributed by atoms with Crippen LogP contribution in [0.4, 0.5) is 0 Å². The first-order chi connectivity index (χ1) is 8.81. The summed E-state index contributed by atoms with van der Waals surface area (Å²) in [5.41, 5.74) is 0.706. The summed E-state index contributed by atoms with van der Waals surface area (Å²) in [7, 11) is 0. The van der Waals surface area contributed by atoms with Gasteiger partial charge in [0.05, 0.1) is 18.7 Å². The standard InChI is InChI=1S/C14H19NO2S/c1-2-17-14-6-4-3-5-12(14)13(16)11-15-7-9-18-10-8-15/h3-6H,2,7-11H2,1H3. The van der Waals surface area contributed by atoms with Crippen LogP contribution in [0.2, 0.25) is 0 Å². The first-order valence-corrected chi connectivity index (χ1v) is 7.52. The summed E-state index contributed by atoms with van der Waals surface area (Å²) in [6, 6.07) is 7.51. The van der Waals surface area contributed by atoms with E-state index in [0.29, 0.717) is 24.5 Å². The van der Waals surface area contributed by atoms with Crippen molar-refractivity contribution in [1.82, 2.24) is 4.90 Å². The Morgan fingerprint density at radius 2 is 2.06 bits per heavy atom. The van der Waals surface area contributed by atoms with Crippen molar-refractivity contribution in [3.63, 3.8) is 0 Å². The minimum Gasteiger partial charge on any atom is -0.493 e. The van der Waals surface area contributed by atoms with Gasteiger partial charge in [-0.2, -0.15) is 11.8 Å². The van der Waals surface area contributed by atoms with E-state index >= 15 is 0 Å². The monoisotopic (exact) mass is 265 g/mol. The van der Waals surface area contributed by atoms with Crippen molar-refractivity contribution >= 4 is 17.5 Å². The molecule has 0 unspecified atom stereocenters. The lowest BCUT2D eigenvalue weighted by Gasteiger charge is -2.25. The zero-order valence-electron chi connectivity index (χ0n) is 10.7. The van der Waals surface area contributed by atoms with E-state index < -0.39 is 0 Å². The smallest absolute Gasteiger partial charge is 0.180 e. The Morgan fingerprint density at radius 1 is 1.33 bits per heavy atom. The van der Waals surface area contributed by atoms with Crippen LogP contribution in [-0.2, 0) is 0 Å². The Labute approximate surface area is 113 Å². The first kappa shape index (κ1) is 13.4. The predicted octanol–water partition coefficient (Wildman–Crippen LogP) is 2.32. The second-order valence-electron chi connectivity index (χ2n) is 4.24. The lowest BCUT2D eigenvalue weighted by molar-refractivity contribution is 0.0933. The molecule has 0 amide bonds. The molecule has 2 rings (SSSR count). The van der Waals surface area contributed by atoms with E-state index in [-0.39, 0.29) is 5.78 Å². The largest absolute Gasteiger partial charge is 0.493 e. The Morgan fingerprint density at radius 3 is 2.78 bits per heavy atom. The number of ketones is 1. The van der Waals surface area contributed by atoms with Crippen molar-refractivity contribution in [2.24, 2.45) is 0 Å². The summed E-state index contributed by atoms with van der Waals surface area (Å²) in [6.45, 7) is 5.04. The number of thioether (sulfide) groups is 1. The van der Waals surface area contributed by atoms with Crippen molar-refractivity contribution in [2.75, 3.05) is 37.7 Å². The average molecular weight is 265 g/mol. The highest BCUT2D eigenvalue weighted by Crippen LogP contribution is 2.19. The Balaban J connectivity index is 2.03. The minimum atomic E-state index is 0.158. The van der Waals surface area contributed by atoms with Gasteiger partial charge >= 0.3 is 0 Å². The van der Waals surface area contributed by atoms with Gasteiger partial charge in [0.1, 0.15) is 5.75 Å². The Kier molecular flexibility index (Phi) is 5.08. The van der Waals surface area contributed by atoms with Crippen LogP contribution >= 0.6 is 11.8 Å². The summed E-state index contributed by atoms with van der Waals surface area (Å²) in [5.74, 6) is 3.11. The van der Waals surface area contributed by atoms with Crippen LogP contribution in [-0.4, -0.2) is 48.4 Å². The molecule has 0 atom stereocenters. The van der Waals surface area contributed by atoms with E-state index in [2.05, 4.69) is 4.90 Å². The lowest BCUT2D eigenvalue weighted by atomic mass is 10.1. The van der Waals surface area contributed by atoms with Crippen molar-refractivity contribution in [2.45, 2.75) is 6.92 Å². The summed E-state index contributed by atoms with van der Waals surface area (Å²) in [6.07, 6.45) is 0. The highest BCUT2D eigenvalue weighted by atomic mass is 32.2. The van der Waals surface area contributed by atoms with E-state index in [4.69, 9.17) is 4.74 Å². The van der Waals surface area contributed by atoms with Crippen molar-refractivity contribution < 1.29 is 9.53 Å². The first-order valence-electron chi connectivity index (χ1n) is 6.36. The molecule has 0 N–H and O–H groups in total. The van der Waals surface area contributed by atoms with Crippen LogP contribution in [0.3, 0.4) is 0 Å². The molecular weight excluding hydrogens is 246 g/mol. The van der Waals surface area contributed by atoms with Crippen LogP contribution in [0.1, 0.15) is 17.3 Å². The average Bonchev–Trinajstić information content (AvgIpc) is 2.41. The molecule has 0 aliphatic carbocycles. The Bertz CT molecular complexity index is 403. The molecule has 1 aromatic rings. The van der Waals surface area contributed by atoms with Gasteiger partial charge in [0.15, 0.2) is 5.78 Å². The molecule has 1 aliphatic heterocycles. The molecule has 98 valence electrons. The molecule has 0 bridgehead atoms. The molecule has 1 fully saturated rings. The third kappa shape index (κ3) is 3.50. The molecule has 18 heavy (non-hydrogen) atoms. The number of carbonyl (C=O) groups is 1. The van der Waals surface area contributed by atoms with E-state index in [1.165, 1.54) is 0 Å². The summed E-state index contributed by atoms with van der Waals surface area (Å²) >= 11 is 1.96. The van der Waals surface area contributed by atoms with E-state index in [1.807, 2.05) is 43.0 Å². The number of para-hydroxylation sites is 1. The van der Waals surface area contributed by atoms with Crippen molar-refractivity contribution in [3.05, 3.63) is 29.8 Å². The molecule has 1 aliphatic rings. The van der Waals surface area contributed by atoms with Gasteiger partial charge in [-0.3, -0.25) is 9.69 Å². The van der Waals surface area contributed by atoms with Crippen LogP contribution in [0.5, 0.6) is 5.75 Å². The third-order valence-corrected chi connectivity index (χ3v) is 3.90. The summed E-state index contributed by atoms with van der Waals surface area (Å²) < 4.78 is 5.50. The van der Waals surface area contributed by atoms with Gasteiger partial charge in [0.25, 0.3) is 0 Å². The number of rotatable bonds is 5. The number of carbonyl (C=O) groups excluding carboxylic acids is 1. The second-order valence-corrected chi connectivity index (χ2v) is 5.47. The van der Waals surface area contributed by atoms with E-state index in [9.17, 15) is 4.79 Å². The maximum atomic E-state index is 12.3. The highest BCUT2D eigenvalue weighted by Gasteiger charge is 2.17. The van der Waals surface area contributed by atoms with Crippen LogP contribution in [0.15, 0.2) is 24.3 Å². The molecule has 0 radical (unpaired) electrons. The molecular formula is C14H19NO2S. The molecule has 3 nitrogen and oxygen atoms in total. The zero-order chi connectivity index (χ0) is 12.8. The maximum absolute atomic E-state index is 12.3. The summed E-state index contributed by atoms with van der Waals surface area (Å²) in [5, 5.41) is 0. The van der Waals surface area contributed by atoms with Gasteiger partial charge in [0, 0.05) is 24.6 Å². The topological polar surface area (TPSA) is 29.5 Å². The number of nitrogens with zero attached hydrogens (tertiary/aromatic N) is 1. The molecule has 0 aromatic heterocycles. The van der Waals surface area contributed by atoms with Gasteiger partial charge in [-0.25, -0.2) is 0 Å². The maximum Gasteiger partial charge on any atom is 0.180 e. The minimum absolute atomic E-state index is 0.158. The van der Waals surface area contributed by atoms with Crippen molar-refractivity contribution in [1.29, 1.82) is 0 Å². The second kappa shape index (κ2) is 6.81. The molecule has 0 spiro atoms. The fourth-order valence-electron chi connectivity index (χ4n) is 2.03. The normalized spacial score (nSPS) is 16.5. The Hall–Kier alpha value is -1.00. The number of hydrogen-bond acceptors (Lipinski definition) is 4. The van der Waals surface area contributed by atoms with Gasteiger partial charge in [-0.05, 0) is 19.1 Å². The van der Waals surface area contributed by atoms with Gasteiger partial charge in [-0.15, -0.1) is 0 Å². The van der Waals surface area contributed by atoms with Crippen LogP contribution in [0, 0.1) is 0 Å². The number of hydrogen-bond donors (Lipinski definition) is 0.